The molecule has 3 nitrogen and oxygen atoms in total. The summed E-state index contributed by atoms with van der Waals surface area (Å²) in [5.41, 5.74) is 6.94. The Morgan fingerprint density at radius 1 is 1.47 bits per heavy atom. The number of carbonyl (C=O) groups excluding carboxylic acids is 1. The highest BCUT2D eigenvalue weighted by Gasteiger charge is 2.26. The Balaban J connectivity index is 2.08. The lowest BCUT2D eigenvalue weighted by atomic mass is 9.97. The first kappa shape index (κ1) is 14.0. The fourth-order valence-electron chi connectivity index (χ4n) is 2.81. The number of aryl methyl sites for hydroxylation is 1. The van der Waals surface area contributed by atoms with Crippen molar-refractivity contribution in [3.63, 3.8) is 0 Å². The summed E-state index contributed by atoms with van der Waals surface area (Å²) in [6, 6.07) is 4.27. The molecule has 1 aliphatic rings. The molecular formula is C15H21FN2O. The monoisotopic (exact) mass is 264 g/mol. The Hall–Kier alpha value is -1.42. The van der Waals surface area contributed by atoms with Gasteiger partial charge in [0.2, 0.25) is 0 Å². The van der Waals surface area contributed by atoms with Gasteiger partial charge in [-0.15, -0.1) is 0 Å². The molecule has 1 amide bonds. The maximum Gasteiger partial charge on any atom is 0.251 e. The molecule has 1 aliphatic carbocycles. The van der Waals surface area contributed by atoms with Gasteiger partial charge in [-0.3, -0.25) is 4.79 Å². The number of halogens is 1. The molecule has 3 N–H and O–H groups in total. The highest BCUT2D eigenvalue weighted by atomic mass is 19.1. The lowest BCUT2D eigenvalue weighted by molar-refractivity contribution is 0.0923. The third kappa shape index (κ3) is 3.32. The van der Waals surface area contributed by atoms with E-state index in [1.54, 1.807) is 13.0 Å². The minimum absolute atomic E-state index is 0.00216. The van der Waals surface area contributed by atoms with Crippen molar-refractivity contribution in [3.05, 3.63) is 35.1 Å². The molecule has 1 aromatic rings. The molecule has 0 saturated heterocycles. The van der Waals surface area contributed by atoms with Crippen LogP contribution in [-0.2, 0) is 0 Å². The Kier molecular flexibility index (Phi) is 4.53. The van der Waals surface area contributed by atoms with Gasteiger partial charge in [-0.2, -0.15) is 0 Å². The van der Waals surface area contributed by atoms with E-state index in [1.165, 1.54) is 25.0 Å². The van der Waals surface area contributed by atoms with Gasteiger partial charge in [-0.1, -0.05) is 18.9 Å². The van der Waals surface area contributed by atoms with Crippen molar-refractivity contribution >= 4 is 5.91 Å². The van der Waals surface area contributed by atoms with E-state index >= 15 is 0 Å². The second kappa shape index (κ2) is 6.15. The first-order chi connectivity index (χ1) is 9.11. The van der Waals surface area contributed by atoms with Gasteiger partial charge in [-0.05, 0) is 43.4 Å². The number of carbonyl (C=O) groups is 1. The van der Waals surface area contributed by atoms with E-state index in [0.717, 1.165) is 18.4 Å². The number of amides is 1. The summed E-state index contributed by atoms with van der Waals surface area (Å²) in [6.45, 7) is 2.24. The molecule has 1 fully saturated rings. The van der Waals surface area contributed by atoms with Gasteiger partial charge >= 0.3 is 0 Å². The van der Waals surface area contributed by atoms with Crippen molar-refractivity contribution in [2.75, 3.05) is 6.54 Å². The molecule has 0 spiro atoms. The van der Waals surface area contributed by atoms with Gasteiger partial charge in [0.1, 0.15) is 5.82 Å². The van der Waals surface area contributed by atoms with E-state index < -0.39 is 0 Å². The van der Waals surface area contributed by atoms with Gasteiger partial charge in [0.05, 0.1) is 0 Å². The summed E-state index contributed by atoms with van der Waals surface area (Å²) in [5, 5.41) is 2.96. The van der Waals surface area contributed by atoms with Gasteiger partial charge < -0.3 is 11.1 Å². The predicted octanol–water partition coefficient (Wildman–Crippen LogP) is 2.38. The molecule has 0 heterocycles. The number of benzene rings is 1. The highest BCUT2D eigenvalue weighted by Crippen LogP contribution is 2.27. The van der Waals surface area contributed by atoms with E-state index in [-0.39, 0.29) is 17.8 Å². The van der Waals surface area contributed by atoms with Crippen molar-refractivity contribution in [1.29, 1.82) is 0 Å². The normalized spacial score (nSPS) is 17.4. The molecule has 2 rings (SSSR count). The molecule has 1 saturated carbocycles. The molecule has 0 aromatic heterocycles. The first-order valence-corrected chi connectivity index (χ1v) is 6.89. The van der Waals surface area contributed by atoms with E-state index in [1.807, 2.05) is 0 Å². The van der Waals surface area contributed by atoms with Gasteiger partial charge in [0.15, 0.2) is 0 Å². The number of rotatable bonds is 4. The first-order valence-electron chi connectivity index (χ1n) is 6.89. The van der Waals surface area contributed by atoms with Crippen LogP contribution in [0.2, 0.25) is 0 Å². The number of nitrogens with one attached hydrogen (secondary N) is 1. The quantitative estimate of drug-likeness (QED) is 0.877. The van der Waals surface area contributed by atoms with E-state index in [2.05, 4.69) is 5.32 Å². The Labute approximate surface area is 113 Å². The topological polar surface area (TPSA) is 55.1 Å². The fourth-order valence-corrected chi connectivity index (χ4v) is 2.81. The van der Waals surface area contributed by atoms with E-state index in [4.69, 9.17) is 5.73 Å². The average molecular weight is 264 g/mol. The number of hydrogen-bond acceptors (Lipinski definition) is 2. The zero-order valence-corrected chi connectivity index (χ0v) is 11.3. The second-order valence-corrected chi connectivity index (χ2v) is 5.32. The molecule has 19 heavy (non-hydrogen) atoms. The van der Waals surface area contributed by atoms with Crippen LogP contribution < -0.4 is 11.1 Å². The van der Waals surface area contributed by atoms with Gasteiger partial charge in [0.25, 0.3) is 5.91 Å². The van der Waals surface area contributed by atoms with Crippen LogP contribution in [0, 0.1) is 18.7 Å². The molecule has 0 aliphatic heterocycles. The van der Waals surface area contributed by atoms with Crippen LogP contribution in [0.5, 0.6) is 0 Å². The summed E-state index contributed by atoms with van der Waals surface area (Å²) in [7, 11) is 0. The van der Waals surface area contributed by atoms with Crippen molar-refractivity contribution in [2.45, 2.75) is 38.6 Å². The minimum Gasteiger partial charge on any atom is -0.348 e. The summed E-state index contributed by atoms with van der Waals surface area (Å²) in [6.07, 6.45) is 4.64. The standard InChI is InChI=1S/C15H21FN2O/c1-10-6-7-12(16)8-13(10)15(19)18-14(9-17)11-4-2-3-5-11/h6-8,11,14H,2-5,9,17H2,1H3,(H,18,19). The SMILES string of the molecule is Cc1ccc(F)cc1C(=O)NC(CN)C1CCCC1. The Morgan fingerprint density at radius 3 is 2.79 bits per heavy atom. The van der Waals surface area contributed by atoms with Crippen molar-refractivity contribution in [3.8, 4) is 0 Å². The molecule has 4 heteroatoms. The highest BCUT2D eigenvalue weighted by molar-refractivity contribution is 5.95. The molecule has 104 valence electrons. The fraction of sp³-hybridized carbons (Fsp3) is 0.533. The van der Waals surface area contributed by atoms with Crippen LogP contribution in [0.3, 0.4) is 0 Å². The summed E-state index contributed by atoms with van der Waals surface area (Å²) in [4.78, 5) is 12.2. The molecular weight excluding hydrogens is 243 g/mol. The van der Waals surface area contributed by atoms with Crippen LogP contribution in [0.4, 0.5) is 4.39 Å². The number of hydrogen-bond donors (Lipinski definition) is 2. The lowest BCUT2D eigenvalue weighted by Crippen LogP contribution is -2.44. The maximum absolute atomic E-state index is 13.2. The van der Waals surface area contributed by atoms with Gasteiger partial charge in [0, 0.05) is 18.2 Å². The summed E-state index contributed by atoms with van der Waals surface area (Å²) < 4.78 is 13.2. The van der Waals surface area contributed by atoms with Gasteiger partial charge in [-0.25, -0.2) is 4.39 Å². The number of nitrogens with two attached hydrogens (primary N) is 1. The van der Waals surface area contributed by atoms with Crippen molar-refractivity contribution in [1.82, 2.24) is 5.32 Å². The maximum atomic E-state index is 13.2. The zero-order valence-electron chi connectivity index (χ0n) is 11.3. The van der Waals surface area contributed by atoms with Crippen LogP contribution in [0.25, 0.3) is 0 Å². The van der Waals surface area contributed by atoms with Crippen LogP contribution in [0.15, 0.2) is 18.2 Å². The molecule has 1 atom stereocenters. The second-order valence-electron chi connectivity index (χ2n) is 5.32. The summed E-state index contributed by atoms with van der Waals surface area (Å²) >= 11 is 0. The Morgan fingerprint density at radius 2 is 2.16 bits per heavy atom. The van der Waals surface area contributed by atoms with E-state index in [0.29, 0.717) is 18.0 Å². The zero-order chi connectivity index (χ0) is 13.8. The third-order valence-corrected chi connectivity index (χ3v) is 3.98. The van der Waals surface area contributed by atoms with Crippen molar-refractivity contribution in [2.24, 2.45) is 11.7 Å². The lowest BCUT2D eigenvalue weighted by Gasteiger charge is -2.23. The predicted molar refractivity (Wildman–Crippen MR) is 73.4 cm³/mol. The molecule has 1 unspecified atom stereocenters. The average Bonchev–Trinajstić information content (AvgIpc) is 2.92. The molecule has 0 bridgehead atoms. The molecule has 1 aromatic carbocycles. The van der Waals surface area contributed by atoms with Crippen molar-refractivity contribution < 1.29 is 9.18 Å². The van der Waals surface area contributed by atoms with E-state index in [9.17, 15) is 9.18 Å². The smallest absolute Gasteiger partial charge is 0.251 e. The largest absolute Gasteiger partial charge is 0.348 e. The van der Waals surface area contributed by atoms with Crippen LogP contribution in [0.1, 0.15) is 41.6 Å². The molecule has 0 radical (unpaired) electrons. The Bertz CT molecular complexity index is 455. The third-order valence-electron chi connectivity index (χ3n) is 3.98. The van der Waals surface area contributed by atoms with Crippen LogP contribution >= 0.6 is 0 Å². The summed E-state index contributed by atoms with van der Waals surface area (Å²) in [5.74, 6) is -0.150. The van der Waals surface area contributed by atoms with Crippen LogP contribution in [-0.4, -0.2) is 18.5 Å². The minimum atomic E-state index is -0.388.